The Morgan fingerprint density at radius 1 is 1.39 bits per heavy atom. The first-order valence-electron chi connectivity index (χ1n) is 6.70. The summed E-state index contributed by atoms with van der Waals surface area (Å²) in [5.74, 6) is 1.62. The molecule has 0 saturated carbocycles. The van der Waals surface area contributed by atoms with Gasteiger partial charge in [0.1, 0.15) is 12.0 Å². The Balaban J connectivity index is 1.83. The van der Waals surface area contributed by atoms with Crippen LogP contribution in [0.5, 0.6) is 5.75 Å². The maximum atomic E-state index is 11.4. The van der Waals surface area contributed by atoms with Gasteiger partial charge in [-0.25, -0.2) is 0 Å². The van der Waals surface area contributed by atoms with Gasteiger partial charge in [0.2, 0.25) is 11.3 Å². The summed E-state index contributed by atoms with van der Waals surface area (Å²) >= 11 is 1.36. The molecule has 3 aromatic rings. The van der Waals surface area contributed by atoms with Crippen molar-refractivity contribution in [2.24, 2.45) is 0 Å². The first kappa shape index (κ1) is 15.2. The van der Waals surface area contributed by atoms with Gasteiger partial charge in [-0.05, 0) is 12.1 Å². The molecule has 3 aromatic heterocycles. The minimum atomic E-state index is -0.476. The van der Waals surface area contributed by atoms with Crippen molar-refractivity contribution >= 4 is 11.8 Å². The summed E-state index contributed by atoms with van der Waals surface area (Å²) in [7, 11) is 0. The molecule has 0 atom stereocenters. The smallest absolute Gasteiger partial charge is 0.226 e. The topological polar surface area (TPSA) is 94.3 Å². The highest BCUT2D eigenvalue weighted by Crippen LogP contribution is 2.26. The normalized spacial score (nSPS) is 10.8. The van der Waals surface area contributed by atoms with Crippen molar-refractivity contribution in [3.8, 4) is 17.3 Å². The maximum absolute atomic E-state index is 11.4. The molecule has 0 radical (unpaired) electrons. The van der Waals surface area contributed by atoms with Gasteiger partial charge >= 0.3 is 0 Å². The summed E-state index contributed by atoms with van der Waals surface area (Å²) < 4.78 is 12.4. The summed E-state index contributed by atoms with van der Waals surface area (Å²) in [6, 6.07) is 4.83. The Hall–Kier alpha value is -2.74. The van der Waals surface area contributed by atoms with Crippen LogP contribution in [0.3, 0.4) is 0 Å². The van der Waals surface area contributed by atoms with E-state index < -0.39 is 11.2 Å². The lowest BCUT2D eigenvalue weighted by molar-refractivity contribution is 0.419. The van der Waals surface area contributed by atoms with Crippen molar-refractivity contribution in [2.75, 3.05) is 0 Å². The number of aromatic nitrogens is 3. The molecular weight excluding hydrogens is 318 g/mol. The van der Waals surface area contributed by atoms with Crippen molar-refractivity contribution in [2.45, 2.75) is 17.5 Å². The molecule has 118 valence electrons. The van der Waals surface area contributed by atoms with E-state index in [0.29, 0.717) is 34.8 Å². The molecule has 0 bridgehead atoms. The van der Waals surface area contributed by atoms with Crippen LogP contribution >= 0.6 is 11.8 Å². The molecular formula is C15H13N3O4S. The Bertz CT molecular complexity index is 867. The van der Waals surface area contributed by atoms with Crippen LogP contribution in [-0.2, 0) is 12.3 Å². The third-order valence-electron chi connectivity index (χ3n) is 2.98. The fraction of sp³-hybridized carbons (Fsp3) is 0.133. The molecule has 0 spiro atoms. The minimum Gasteiger partial charge on any atom is -0.502 e. The standard InChI is InChI=1S/C15H13N3O4S/c1-2-5-18-14(13-4-3-6-21-13)16-17-15(18)23-9-10-7-11(19)12(20)8-22-10/h2-4,6-8,20H,1,5,9H2. The molecule has 8 heteroatoms. The summed E-state index contributed by atoms with van der Waals surface area (Å²) in [6.07, 6.45) is 4.34. The molecule has 3 rings (SSSR count). The van der Waals surface area contributed by atoms with E-state index in [0.717, 1.165) is 6.26 Å². The number of hydrogen-bond donors (Lipinski definition) is 1. The van der Waals surface area contributed by atoms with E-state index in [2.05, 4.69) is 16.8 Å². The number of furan rings is 1. The van der Waals surface area contributed by atoms with E-state index >= 15 is 0 Å². The van der Waals surface area contributed by atoms with Crippen molar-refractivity contribution in [1.82, 2.24) is 14.8 Å². The molecule has 1 N–H and O–H groups in total. The molecule has 0 aliphatic carbocycles. The predicted octanol–water partition coefficient (Wildman–Crippen LogP) is 2.68. The van der Waals surface area contributed by atoms with Crippen LogP contribution in [-0.4, -0.2) is 19.9 Å². The van der Waals surface area contributed by atoms with Gasteiger partial charge in [0.15, 0.2) is 16.7 Å². The largest absolute Gasteiger partial charge is 0.502 e. The molecule has 0 aromatic carbocycles. The van der Waals surface area contributed by atoms with Crippen molar-refractivity contribution in [3.05, 3.63) is 59.4 Å². The quantitative estimate of drug-likeness (QED) is 0.548. The second-order valence-corrected chi connectivity index (χ2v) is 5.51. The molecule has 0 fully saturated rings. The number of aromatic hydroxyl groups is 1. The summed E-state index contributed by atoms with van der Waals surface area (Å²) in [4.78, 5) is 11.4. The highest BCUT2D eigenvalue weighted by molar-refractivity contribution is 7.98. The third-order valence-corrected chi connectivity index (χ3v) is 3.97. The van der Waals surface area contributed by atoms with E-state index in [9.17, 15) is 9.90 Å². The maximum Gasteiger partial charge on any atom is 0.226 e. The zero-order valence-electron chi connectivity index (χ0n) is 12.0. The van der Waals surface area contributed by atoms with Gasteiger partial charge in [0.25, 0.3) is 0 Å². The average Bonchev–Trinajstić information content (AvgIpc) is 3.18. The monoisotopic (exact) mass is 331 g/mol. The van der Waals surface area contributed by atoms with Gasteiger partial charge in [-0.15, -0.1) is 16.8 Å². The molecule has 0 amide bonds. The molecule has 0 unspecified atom stereocenters. The van der Waals surface area contributed by atoms with Gasteiger partial charge < -0.3 is 13.9 Å². The van der Waals surface area contributed by atoms with E-state index in [1.165, 1.54) is 17.8 Å². The first-order chi connectivity index (χ1) is 11.2. The second kappa shape index (κ2) is 6.57. The van der Waals surface area contributed by atoms with E-state index in [1.807, 2.05) is 4.57 Å². The van der Waals surface area contributed by atoms with Crippen LogP contribution in [0.25, 0.3) is 11.6 Å². The van der Waals surface area contributed by atoms with Crippen LogP contribution in [0.4, 0.5) is 0 Å². The molecule has 0 aliphatic heterocycles. The number of allylic oxidation sites excluding steroid dienone is 1. The molecule has 23 heavy (non-hydrogen) atoms. The third kappa shape index (κ3) is 3.21. The Kier molecular flexibility index (Phi) is 4.33. The lowest BCUT2D eigenvalue weighted by Crippen LogP contribution is -2.01. The fourth-order valence-corrected chi connectivity index (χ4v) is 2.77. The van der Waals surface area contributed by atoms with Crippen molar-refractivity contribution in [3.63, 3.8) is 0 Å². The minimum absolute atomic E-state index is 0.378. The summed E-state index contributed by atoms with van der Waals surface area (Å²) in [5, 5.41) is 18.1. The van der Waals surface area contributed by atoms with Crippen molar-refractivity contribution < 1.29 is 13.9 Å². The van der Waals surface area contributed by atoms with Gasteiger partial charge in [-0.1, -0.05) is 17.8 Å². The van der Waals surface area contributed by atoms with Gasteiger partial charge in [0, 0.05) is 12.6 Å². The second-order valence-electron chi connectivity index (χ2n) is 4.57. The molecule has 7 nitrogen and oxygen atoms in total. The number of rotatable bonds is 6. The average molecular weight is 331 g/mol. The molecule has 3 heterocycles. The zero-order chi connectivity index (χ0) is 16.2. The van der Waals surface area contributed by atoms with Gasteiger partial charge in [-0.2, -0.15) is 0 Å². The zero-order valence-corrected chi connectivity index (χ0v) is 12.8. The SMILES string of the molecule is C=CCn1c(SCc2cc(=O)c(O)co2)nnc1-c1ccco1. The van der Waals surface area contributed by atoms with Gasteiger partial charge in [0.05, 0.1) is 12.0 Å². The van der Waals surface area contributed by atoms with Crippen LogP contribution in [0.2, 0.25) is 0 Å². The van der Waals surface area contributed by atoms with Crippen LogP contribution in [0.15, 0.2) is 62.2 Å². The Labute approximate surface area is 135 Å². The van der Waals surface area contributed by atoms with E-state index in [-0.39, 0.29) is 0 Å². The Morgan fingerprint density at radius 3 is 2.96 bits per heavy atom. The van der Waals surface area contributed by atoms with Crippen LogP contribution < -0.4 is 5.43 Å². The van der Waals surface area contributed by atoms with Gasteiger partial charge in [-0.3, -0.25) is 9.36 Å². The lowest BCUT2D eigenvalue weighted by atomic mass is 10.4. The highest BCUT2D eigenvalue weighted by Gasteiger charge is 2.16. The molecule has 0 aliphatic rings. The summed E-state index contributed by atoms with van der Waals surface area (Å²) in [5.41, 5.74) is -0.476. The number of thioether (sulfide) groups is 1. The first-order valence-corrected chi connectivity index (χ1v) is 7.69. The Morgan fingerprint density at radius 2 is 2.26 bits per heavy atom. The number of hydrogen-bond acceptors (Lipinski definition) is 7. The van der Waals surface area contributed by atoms with Crippen LogP contribution in [0, 0.1) is 0 Å². The van der Waals surface area contributed by atoms with E-state index in [4.69, 9.17) is 8.83 Å². The van der Waals surface area contributed by atoms with Crippen LogP contribution in [0.1, 0.15) is 5.76 Å². The lowest BCUT2D eigenvalue weighted by Gasteiger charge is -2.05. The summed E-state index contributed by atoms with van der Waals surface area (Å²) in [6.45, 7) is 4.25. The number of nitrogens with zero attached hydrogens (tertiary/aromatic N) is 3. The van der Waals surface area contributed by atoms with E-state index in [1.54, 1.807) is 24.5 Å². The molecule has 0 saturated heterocycles. The van der Waals surface area contributed by atoms with Crippen molar-refractivity contribution in [1.29, 1.82) is 0 Å². The fourth-order valence-electron chi connectivity index (χ4n) is 1.93. The predicted molar refractivity (Wildman–Crippen MR) is 84.1 cm³/mol. The highest BCUT2D eigenvalue weighted by atomic mass is 32.2.